The number of amides is 1. The van der Waals surface area contributed by atoms with Gasteiger partial charge in [-0.1, -0.05) is 72.5 Å². The van der Waals surface area contributed by atoms with E-state index in [0.29, 0.717) is 30.8 Å². The topological polar surface area (TPSA) is 33.5 Å². The molecule has 1 aromatic carbocycles. The molecular weight excluding hydrogens is 421 g/mol. The number of hydrogen-bond acceptors (Lipinski definition) is 4. The van der Waals surface area contributed by atoms with Crippen LogP contribution in [0.1, 0.15) is 37.9 Å². The van der Waals surface area contributed by atoms with E-state index in [9.17, 15) is 4.79 Å². The van der Waals surface area contributed by atoms with Crippen molar-refractivity contribution in [3.63, 3.8) is 0 Å². The van der Waals surface area contributed by atoms with Gasteiger partial charge >= 0.3 is 0 Å². The van der Waals surface area contributed by atoms with Crippen LogP contribution in [-0.2, 0) is 4.79 Å². The molecule has 0 unspecified atom stereocenters. The van der Waals surface area contributed by atoms with Gasteiger partial charge < -0.3 is 4.42 Å². The summed E-state index contributed by atoms with van der Waals surface area (Å²) in [6.45, 7) is 0. The van der Waals surface area contributed by atoms with Gasteiger partial charge in [0.05, 0.1) is 15.0 Å². The number of rotatable bonds is 3. The molecule has 7 heteroatoms. The van der Waals surface area contributed by atoms with E-state index >= 15 is 0 Å². The van der Waals surface area contributed by atoms with E-state index in [0.717, 1.165) is 31.2 Å². The van der Waals surface area contributed by atoms with Crippen LogP contribution in [0, 0.1) is 0 Å². The molecule has 1 saturated carbocycles. The van der Waals surface area contributed by atoms with Gasteiger partial charge in [0.25, 0.3) is 5.91 Å². The summed E-state index contributed by atoms with van der Waals surface area (Å²) in [4.78, 5) is 15.3. The van der Waals surface area contributed by atoms with Gasteiger partial charge in [-0.15, -0.1) is 0 Å². The first-order chi connectivity index (χ1) is 13.0. The maximum absolute atomic E-state index is 12.9. The zero-order chi connectivity index (χ0) is 19.0. The number of carbonyl (C=O) groups is 1. The van der Waals surface area contributed by atoms with Crippen LogP contribution in [0.3, 0.4) is 0 Å². The van der Waals surface area contributed by atoms with Crippen LogP contribution in [-0.4, -0.2) is 21.2 Å². The number of halogens is 2. The molecule has 2 fully saturated rings. The predicted molar refractivity (Wildman–Crippen MR) is 116 cm³/mol. The normalized spacial score (nSPS) is 20.1. The number of thiocarbonyl (C=S) groups is 1. The van der Waals surface area contributed by atoms with Crippen LogP contribution in [0.15, 0.2) is 39.7 Å². The van der Waals surface area contributed by atoms with Crippen LogP contribution in [0.2, 0.25) is 10.0 Å². The highest BCUT2D eigenvalue weighted by Gasteiger charge is 2.37. The quantitative estimate of drug-likeness (QED) is 0.390. The van der Waals surface area contributed by atoms with Crippen molar-refractivity contribution < 1.29 is 9.21 Å². The Morgan fingerprint density at radius 3 is 2.70 bits per heavy atom. The number of hydrogen-bond donors (Lipinski definition) is 0. The molecule has 140 valence electrons. The van der Waals surface area contributed by atoms with Crippen molar-refractivity contribution in [1.29, 1.82) is 0 Å². The zero-order valence-corrected chi connectivity index (χ0v) is 17.6. The fourth-order valence-electron chi connectivity index (χ4n) is 3.53. The van der Waals surface area contributed by atoms with Gasteiger partial charge in [0.15, 0.2) is 0 Å². The largest absolute Gasteiger partial charge is 0.457 e. The lowest BCUT2D eigenvalue weighted by atomic mass is 9.94. The fraction of sp³-hybridized carbons (Fsp3) is 0.300. The minimum atomic E-state index is -0.0179. The van der Waals surface area contributed by atoms with Gasteiger partial charge in [-0.25, -0.2) is 0 Å². The number of furan rings is 1. The number of benzene rings is 1. The van der Waals surface area contributed by atoms with Crippen LogP contribution in [0.4, 0.5) is 0 Å². The molecule has 1 aromatic heterocycles. The van der Waals surface area contributed by atoms with Gasteiger partial charge in [-0.2, -0.15) is 0 Å². The van der Waals surface area contributed by atoms with E-state index in [1.807, 2.05) is 24.3 Å². The maximum atomic E-state index is 12.9. The molecular formula is C20H17Cl2NO2S2. The van der Waals surface area contributed by atoms with Crippen molar-refractivity contribution in [2.45, 2.75) is 38.1 Å². The first kappa shape index (κ1) is 19.1. The Bertz CT molecular complexity index is 932. The van der Waals surface area contributed by atoms with E-state index in [-0.39, 0.29) is 11.9 Å². The summed E-state index contributed by atoms with van der Waals surface area (Å²) < 4.78 is 6.53. The highest BCUT2D eigenvalue weighted by Crippen LogP contribution is 2.39. The SMILES string of the molecule is O=C1C(=Cc2ccc(-c3cccc(Cl)c3Cl)o2)SC(=S)N1C1CCCCC1. The van der Waals surface area contributed by atoms with Crippen LogP contribution >= 0.6 is 47.2 Å². The zero-order valence-electron chi connectivity index (χ0n) is 14.4. The molecule has 1 saturated heterocycles. The van der Waals surface area contributed by atoms with E-state index in [1.165, 1.54) is 18.2 Å². The molecule has 2 heterocycles. The number of carbonyl (C=O) groups excluding carboxylic acids is 1. The Hall–Kier alpha value is -1.27. The van der Waals surface area contributed by atoms with Crippen molar-refractivity contribution in [2.24, 2.45) is 0 Å². The van der Waals surface area contributed by atoms with E-state index < -0.39 is 0 Å². The van der Waals surface area contributed by atoms with Crippen molar-refractivity contribution in [2.75, 3.05) is 0 Å². The fourth-order valence-corrected chi connectivity index (χ4v) is 5.31. The van der Waals surface area contributed by atoms with Crippen molar-refractivity contribution in [3.05, 3.63) is 51.0 Å². The lowest BCUT2D eigenvalue weighted by molar-refractivity contribution is -0.124. The summed E-state index contributed by atoms with van der Waals surface area (Å²) >= 11 is 19.2. The summed E-state index contributed by atoms with van der Waals surface area (Å²) in [5.41, 5.74) is 0.721. The minimum Gasteiger partial charge on any atom is -0.457 e. The summed E-state index contributed by atoms with van der Waals surface area (Å²) in [6, 6.07) is 9.27. The van der Waals surface area contributed by atoms with Crippen molar-refractivity contribution in [3.8, 4) is 11.3 Å². The molecule has 1 aliphatic carbocycles. The smallest absolute Gasteiger partial charge is 0.266 e. The van der Waals surface area contributed by atoms with Gasteiger partial charge in [0.2, 0.25) is 0 Å². The second-order valence-electron chi connectivity index (χ2n) is 6.65. The minimum absolute atomic E-state index is 0.0179. The molecule has 1 amide bonds. The van der Waals surface area contributed by atoms with Gasteiger partial charge in [-0.3, -0.25) is 9.69 Å². The Morgan fingerprint density at radius 2 is 1.93 bits per heavy atom. The van der Waals surface area contributed by atoms with Crippen LogP contribution in [0.25, 0.3) is 17.4 Å². The molecule has 0 bridgehead atoms. The highest BCUT2D eigenvalue weighted by atomic mass is 35.5. The Morgan fingerprint density at radius 1 is 1.15 bits per heavy atom. The molecule has 0 radical (unpaired) electrons. The van der Waals surface area contributed by atoms with Crippen LogP contribution in [0.5, 0.6) is 0 Å². The Balaban J connectivity index is 1.57. The maximum Gasteiger partial charge on any atom is 0.266 e. The van der Waals surface area contributed by atoms with E-state index in [1.54, 1.807) is 17.0 Å². The Kier molecular flexibility index (Phi) is 5.65. The molecule has 27 heavy (non-hydrogen) atoms. The summed E-state index contributed by atoms with van der Waals surface area (Å²) in [6.07, 6.45) is 7.35. The summed E-state index contributed by atoms with van der Waals surface area (Å²) in [5, 5.41) is 0.921. The Labute approximate surface area is 177 Å². The highest BCUT2D eigenvalue weighted by molar-refractivity contribution is 8.26. The first-order valence-corrected chi connectivity index (χ1v) is 10.8. The summed E-state index contributed by atoms with van der Waals surface area (Å²) in [7, 11) is 0. The molecule has 2 aliphatic rings. The average Bonchev–Trinajstić information content (AvgIpc) is 3.23. The summed E-state index contributed by atoms with van der Waals surface area (Å²) in [5.74, 6) is 1.18. The van der Waals surface area contributed by atoms with E-state index in [4.69, 9.17) is 39.8 Å². The molecule has 4 rings (SSSR count). The molecule has 0 N–H and O–H groups in total. The third-order valence-corrected chi connectivity index (χ3v) is 7.03. The molecule has 3 nitrogen and oxygen atoms in total. The predicted octanol–water partition coefficient (Wildman–Crippen LogP) is 6.79. The van der Waals surface area contributed by atoms with Gasteiger partial charge in [0, 0.05) is 17.7 Å². The van der Waals surface area contributed by atoms with Gasteiger partial charge in [0.1, 0.15) is 15.8 Å². The standard InChI is InChI=1S/C20H17Cl2NO2S2/c21-15-8-4-7-14(18(15)22)16-10-9-13(25-16)11-17-19(24)23(20(26)27-17)12-5-2-1-3-6-12/h4,7-12H,1-3,5-6H2. The lowest BCUT2D eigenvalue weighted by Gasteiger charge is -2.29. The third-order valence-electron chi connectivity index (χ3n) is 4.88. The molecule has 1 aliphatic heterocycles. The second-order valence-corrected chi connectivity index (χ2v) is 9.11. The first-order valence-electron chi connectivity index (χ1n) is 8.86. The van der Waals surface area contributed by atoms with Crippen molar-refractivity contribution in [1.82, 2.24) is 4.90 Å². The second kappa shape index (κ2) is 8.00. The van der Waals surface area contributed by atoms with Crippen molar-refractivity contribution >= 4 is 63.5 Å². The molecule has 0 atom stereocenters. The van der Waals surface area contributed by atoms with Crippen LogP contribution < -0.4 is 0 Å². The molecule has 2 aromatic rings. The lowest BCUT2D eigenvalue weighted by Crippen LogP contribution is -2.39. The van der Waals surface area contributed by atoms with Gasteiger partial charge in [-0.05, 0) is 37.1 Å². The number of thioether (sulfide) groups is 1. The number of nitrogens with zero attached hydrogens (tertiary/aromatic N) is 1. The van der Waals surface area contributed by atoms with E-state index in [2.05, 4.69) is 0 Å². The average molecular weight is 438 g/mol. The molecule has 0 spiro atoms. The third kappa shape index (κ3) is 3.83. The monoisotopic (exact) mass is 437 g/mol.